The predicted octanol–water partition coefficient (Wildman–Crippen LogP) is 6.36. The summed E-state index contributed by atoms with van der Waals surface area (Å²) < 4.78 is 26.0. The number of hydrogen-bond donors (Lipinski definition) is 1. The van der Waals surface area contributed by atoms with Crippen LogP contribution in [-0.2, 0) is 11.2 Å². The molecule has 0 spiro atoms. The summed E-state index contributed by atoms with van der Waals surface area (Å²) in [6.45, 7) is 4.03. The van der Waals surface area contributed by atoms with Crippen molar-refractivity contribution in [2.45, 2.75) is 69.7 Å². The summed E-state index contributed by atoms with van der Waals surface area (Å²) in [5.74, 6) is 0.706. The molecule has 5 rings (SSSR count). The second-order valence-electron chi connectivity index (χ2n) is 11.3. The summed E-state index contributed by atoms with van der Waals surface area (Å²) >= 11 is 0. The third-order valence-electron chi connectivity index (χ3n) is 8.35. The summed E-state index contributed by atoms with van der Waals surface area (Å²) in [6.07, 6.45) is 10.4. The van der Waals surface area contributed by atoms with Gasteiger partial charge in [0.1, 0.15) is 17.7 Å². The maximum Gasteiger partial charge on any atom is 0.320 e. The zero-order valence-electron chi connectivity index (χ0n) is 22.1. The Morgan fingerprint density at radius 2 is 1.68 bits per heavy atom. The minimum absolute atomic E-state index is 0.135. The number of rotatable bonds is 9. The van der Waals surface area contributed by atoms with Gasteiger partial charge in [0.2, 0.25) is 0 Å². The first-order valence-electron chi connectivity index (χ1n) is 14.0. The lowest BCUT2D eigenvalue weighted by molar-refractivity contribution is -0.143. The minimum Gasteiger partial charge on any atom is -0.480 e. The Labute approximate surface area is 220 Å². The second-order valence-corrected chi connectivity index (χ2v) is 11.3. The Bertz CT molecular complexity index is 987. The van der Waals surface area contributed by atoms with Crippen LogP contribution < -0.4 is 0 Å². The van der Waals surface area contributed by atoms with Crippen LogP contribution in [0.15, 0.2) is 48.5 Å². The maximum absolute atomic E-state index is 13.3. The van der Waals surface area contributed by atoms with Crippen molar-refractivity contribution in [1.82, 2.24) is 9.80 Å². The average molecular weight is 513 g/mol. The van der Waals surface area contributed by atoms with E-state index < -0.39 is 5.97 Å². The summed E-state index contributed by atoms with van der Waals surface area (Å²) in [4.78, 5) is 15.9. The van der Waals surface area contributed by atoms with Crippen LogP contribution in [0.1, 0.15) is 68.4 Å². The van der Waals surface area contributed by atoms with Gasteiger partial charge in [0.25, 0.3) is 0 Å². The SMILES string of the molecule is CN1CCC(CCCc2ccc(F)cc2)CC1.O=C(O)[C@@H](CC1CC1)N1CC[C@@H](c2cccc(F)c2)C1. The molecule has 6 heteroatoms. The molecule has 2 atom stereocenters. The molecule has 2 aromatic rings. The molecule has 37 heavy (non-hydrogen) atoms. The molecule has 2 aliphatic heterocycles. The van der Waals surface area contributed by atoms with Gasteiger partial charge in [-0.3, -0.25) is 9.69 Å². The van der Waals surface area contributed by atoms with Crippen LogP contribution in [0.3, 0.4) is 0 Å². The van der Waals surface area contributed by atoms with Gasteiger partial charge >= 0.3 is 5.97 Å². The molecule has 0 unspecified atom stereocenters. The monoisotopic (exact) mass is 512 g/mol. The predicted molar refractivity (Wildman–Crippen MR) is 144 cm³/mol. The van der Waals surface area contributed by atoms with Crippen molar-refractivity contribution in [2.24, 2.45) is 11.8 Å². The number of benzene rings is 2. The first kappa shape index (κ1) is 27.7. The third kappa shape index (κ3) is 8.89. The van der Waals surface area contributed by atoms with Crippen LogP contribution in [0.2, 0.25) is 0 Å². The molecule has 0 amide bonds. The van der Waals surface area contributed by atoms with Crippen molar-refractivity contribution < 1.29 is 18.7 Å². The van der Waals surface area contributed by atoms with Crippen molar-refractivity contribution in [1.29, 1.82) is 0 Å². The molecule has 0 bridgehead atoms. The molecule has 4 nitrogen and oxygen atoms in total. The van der Waals surface area contributed by atoms with E-state index >= 15 is 0 Å². The van der Waals surface area contributed by atoms with Crippen LogP contribution in [0.4, 0.5) is 8.78 Å². The third-order valence-corrected chi connectivity index (χ3v) is 8.35. The number of aliphatic carboxylic acids is 1. The summed E-state index contributed by atoms with van der Waals surface area (Å²) in [5, 5.41) is 9.41. The Hall–Kier alpha value is -2.31. The highest BCUT2D eigenvalue weighted by Crippen LogP contribution is 2.37. The Morgan fingerprint density at radius 3 is 2.32 bits per heavy atom. The normalized spacial score (nSPS) is 21.9. The Kier molecular flexibility index (Phi) is 10.1. The van der Waals surface area contributed by atoms with Crippen LogP contribution in [0.5, 0.6) is 0 Å². The number of carbonyl (C=O) groups is 1. The topological polar surface area (TPSA) is 43.8 Å². The summed E-state index contributed by atoms with van der Waals surface area (Å²) in [7, 11) is 2.20. The van der Waals surface area contributed by atoms with Gasteiger partial charge in [-0.15, -0.1) is 0 Å². The van der Waals surface area contributed by atoms with E-state index in [-0.39, 0.29) is 23.6 Å². The molecule has 1 N–H and O–H groups in total. The fourth-order valence-corrected chi connectivity index (χ4v) is 5.78. The lowest BCUT2D eigenvalue weighted by Gasteiger charge is -2.28. The van der Waals surface area contributed by atoms with E-state index in [2.05, 4.69) is 16.8 Å². The molecule has 1 saturated carbocycles. The van der Waals surface area contributed by atoms with Crippen molar-refractivity contribution in [3.63, 3.8) is 0 Å². The van der Waals surface area contributed by atoms with Crippen LogP contribution in [0, 0.1) is 23.5 Å². The molecule has 202 valence electrons. The van der Waals surface area contributed by atoms with Gasteiger partial charge in [-0.05, 0) is 118 Å². The number of piperidine rings is 1. The smallest absolute Gasteiger partial charge is 0.320 e. The summed E-state index contributed by atoms with van der Waals surface area (Å²) in [5.41, 5.74) is 2.25. The van der Waals surface area contributed by atoms with E-state index in [1.165, 1.54) is 63.2 Å². The highest BCUT2D eigenvalue weighted by molar-refractivity contribution is 5.73. The van der Waals surface area contributed by atoms with E-state index in [1.54, 1.807) is 24.3 Å². The largest absolute Gasteiger partial charge is 0.480 e. The molecular weight excluding hydrogens is 470 g/mol. The second kappa shape index (κ2) is 13.5. The number of likely N-dealkylation sites (tertiary alicyclic amines) is 2. The molecule has 2 heterocycles. The van der Waals surface area contributed by atoms with Gasteiger partial charge in [0, 0.05) is 6.54 Å². The maximum atomic E-state index is 13.3. The fraction of sp³-hybridized carbons (Fsp3) is 0.581. The van der Waals surface area contributed by atoms with E-state index in [1.807, 2.05) is 18.2 Å². The van der Waals surface area contributed by atoms with E-state index in [0.717, 1.165) is 43.8 Å². The van der Waals surface area contributed by atoms with Crippen LogP contribution in [-0.4, -0.2) is 60.1 Å². The summed E-state index contributed by atoms with van der Waals surface area (Å²) in [6, 6.07) is 13.3. The molecule has 0 aromatic heterocycles. The Balaban J connectivity index is 0.000000176. The highest BCUT2D eigenvalue weighted by atomic mass is 19.1. The van der Waals surface area contributed by atoms with E-state index in [4.69, 9.17) is 0 Å². The molecule has 3 fully saturated rings. The molecular formula is C31H42F2N2O2. The van der Waals surface area contributed by atoms with Gasteiger partial charge in [-0.1, -0.05) is 43.5 Å². The number of nitrogens with zero attached hydrogens (tertiary/aromatic N) is 2. The lowest BCUT2D eigenvalue weighted by atomic mass is 9.91. The molecule has 2 aromatic carbocycles. The van der Waals surface area contributed by atoms with Gasteiger partial charge in [0.05, 0.1) is 0 Å². The molecule has 2 saturated heterocycles. The molecule has 3 aliphatic rings. The minimum atomic E-state index is -0.711. The first-order chi connectivity index (χ1) is 17.9. The quantitative estimate of drug-likeness (QED) is 0.425. The zero-order valence-corrected chi connectivity index (χ0v) is 22.1. The number of hydrogen-bond acceptors (Lipinski definition) is 3. The van der Waals surface area contributed by atoms with Gasteiger partial charge in [-0.2, -0.15) is 0 Å². The zero-order chi connectivity index (χ0) is 26.2. The lowest BCUT2D eigenvalue weighted by Crippen LogP contribution is -2.40. The molecule has 0 radical (unpaired) electrons. The first-order valence-corrected chi connectivity index (χ1v) is 14.0. The Morgan fingerprint density at radius 1 is 0.946 bits per heavy atom. The average Bonchev–Trinajstić information content (AvgIpc) is 3.58. The highest BCUT2D eigenvalue weighted by Gasteiger charge is 2.37. The van der Waals surface area contributed by atoms with Crippen LogP contribution >= 0.6 is 0 Å². The number of aryl methyl sites for hydroxylation is 1. The standard InChI is InChI=1S/C16H20FNO2.C15H22FN/c17-14-3-1-2-12(9-14)13-6-7-18(10-13)15(16(19)20)8-11-4-5-11;1-17-11-9-14(10-12-17)4-2-3-13-5-7-15(16)8-6-13/h1-3,9,11,13,15H,4-8,10H2,(H,19,20);5-8,14H,2-4,9-12H2,1H3/t13-,15-;/m1./s1. The van der Waals surface area contributed by atoms with E-state index in [9.17, 15) is 18.7 Å². The van der Waals surface area contributed by atoms with Crippen molar-refractivity contribution in [3.05, 3.63) is 71.3 Å². The fourth-order valence-electron chi connectivity index (χ4n) is 5.78. The van der Waals surface area contributed by atoms with Gasteiger partial charge < -0.3 is 10.0 Å². The number of carboxylic acids is 1. The number of carboxylic acid groups (broad SMARTS) is 1. The molecule has 1 aliphatic carbocycles. The van der Waals surface area contributed by atoms with Crippen molar-refractivity contribution in [2.75, 3.05) is 33.2 Å². The van der Waals surface area contributed by atoms with Gasteiger partial charge in [-0.25, -0.2) is 8.78 Å². The van der Waals surface area contributed by atoms with Crippen molar-refractivity contribution in [3.8, 4) is 0 Å². The van der Waals surface area contributed by atoms with E-state index in [0.29, 0.717) is 5.92 Å². The van der Waals surface area contributed by atoms with Crippen LogP contribution in [0.25, 0.3) is 0 Å². The number of halogens is 2. The van der Waals surface area contributed by atoms with Gasteiger partial charge in [0.15, 0.2) is 0 Å². The van der Waals surface area contributed by atoms with Crippen molar-refractivity contribution >= 4 is 5.97 Å².